The molecule has 5 aliphatic rings. The Hall–Kier alpha value is -1.39. The van der Waals surface area contributed by atoms with Gasteiger partial charge in [-0.15, -0.1) is 0 Å². The maximum Gasteiger partial charge on any atom is 0.439 e. The first-order chi connectivity index (χ1) is 18.9. The molecule has 0 N–H and O–H groups in total. The molecule has 4 unspecified atom stereocenters. The molecule has 0 aromatic rings. The molecule has 5 rings (SSSR count). The van der Waals surface area contributed by atoms with Gasteiger partial charge in [0, 0.05) is 6.42 Å². The zero-order valence-electron chi connectivity index (χ0n) is 25.0. The second kappa shape index (κ2) is 11.7. The van der Waals surface area contributed by atoms with Crippen molar-refractivity contribution in [3.8, 4) is 0 Å². The largest absolute Gasteiger partial charge is 0.439 e. The van der Waals surface area contributed by atoms with Gasteiger partial charge in [0.15, 0.2) is 5.78 Å². The molecule has 40 heavy (non-hydrogen) atoms. The summed E-state index contributed by atoms with van der Waals surface area (Å²) >= 11 is 12.1. The number of ketones is 1. The summed E-state index contributed by atoms with van der Waals surface area (Å²) in [5, 5.41) is -0.143. The van der Waals surface area contributed by atoms with Gasteiger partial charge in [0.1, 0.15) is 10.8 Å². The Labute approximate surface area is 251 Å². The number of hydrogen-bond acceptors (Lipinski definition) is 3. The number of carbonyl (C=O) groups is 2. The van der Waals surface area contributed by atoms with E-state index in [1.807, 2.05) is 0 Å². The van der Waals surface area contributed by atoms with Gasteiger partial charge in [0.05, 0.1) is 10.7 Å². The normalized spacial score (nSPS) is 39.1. The van der Waals surface area contributed by atoms with Crippen molar-refractivity contribution in [2.45, 2.75) is 105 Å². The highest BCUT2D eigenvalue weighted by atomic mass is 35.5. The summed E-state index contributed by atoms with van der Waals surface area (Å²) in [5.74, 6) is 5.82. The third-order valence-electron chi connectivity index (χ3n) is 11.9. The van der Waals surface area contributed by atoms with Gasteiger partial charge in [-0.05, 0) is 115 Å². The van der Waals surface area contributed by atoms with E-state index in [9.17, 15) is 9.59 Å². The SMILES string of the molecule is CC(C)CCC[C@@H](C)[C@H]1CCC2C3CCC4CC(OC(=O)N=C5C=CC(=O)C(Cl)=C5Cl)=CC[C@]4(C)C3CC[C@@]21C. The standard InChI is InChI=1S/C34H47Cl2NO3/c1-20(2)7-6-8-21(3)25-11-12-26-24-10-9-22-19-23(15-17-33(22,4)27(24)16-18-34(25,26)5)40-32(39)37-28-13-14-29(38)31(36)30(28)35/h13-15,20-22,24-27H,6-12,16-19H2,1-5H3/t21-,22?,24?,25-,26?,27?,33+,34-/m1/s1. The number of rotatable bonds is 6. The molecular formula is C34H47Cl2NO3. The quantitative estimate of drug-likeness (QED) is 0.290. The first-order valence-corrected chi connectivity index (χ1v) is 16.5. The van der Waals surface area contributed by atoms with Gasteiger partial charge in [-0.1, -0.05) is 77.1 Å². The number of fused-ring (bicyclic) bond motifs is 5. The number of hydrogen-bond donors (Lipinski definition) is 0. The molecule has 0 bridgehead atoms. The number of ether oxygens (including phenoxy) is 1. The lowest BCUT2D eigenvalue weighted by molar-refractivity contribution is -0.110. The highest BCUT2D eigenvalue weighted by molar-refractivity contribution is 6.58. The van der Waals surface area contributed by atoms with Crippen molar-refractivity contribution < 1.29 is 14.3 Å². The van der Waals surface area contributed by atoms with Crippen LogP contribution < -0.4 is 0 Å². The van der Waals surface area contributed by atoms with Crippen LogP contribution in [0.4, 0.5) is 4.79 Å². The summed E-state index contributed by atoms with van der Waals surface area (Å²) in [6.07, 6.45) is 18.0. The molecule has 220 valence electrons. The number of amides is 1. The molecule has 0 spiro atoms. The van der Waals surface area contributed by atoms with E-state index >= 15 is 0 Å². The lowest BCUT2D eigenvalue weighted by Crippen LogP contribution is -2.52. The second-order valence-electron chi connectivity index (χ2n) is 14.5. The van der Waals surface area contributed by atoms with E-state index in [-0.39, 0.29) is 21.2 Å². The van der Waals surface area contributed by atoms with Crippen LogP contribution >= 0.6 is 23.2 Å². The average Bonchev–Trinajstić information content (AvgIpc) is 3.26. The molecule has 0 aliphatic heterocycles. The fourth-order valence-electron chi connectivity index (χ4n) is 9.80. The first-order valence-electron chi connectivity index (χ1n) is 15.7. The van der Waals surface area contributed by atoms with E-state index in [1.54, 1.807) is 0 Å². The van der Waals surface area contributed by atoms with Crippen molar-refractivity contribution in [1.29, 1.82) is 0 Å². The van der Waals surface area contributed by atoms with Crippen molar-refractivity contribution in [2.24, 2.45) is 57.2 Å². The van der Waals surface area contributed by atoms with Crippen LogP contribution in [0.1, 0.15) is 105 Å². The zero-order chi connectivity index (χ0) is 28.8. The Kier molecular flexibility index (Phi) is 8.81. The Morgan fingerprint density at radius 1 is 1.00 bits per heavy atom. The van der Waals surface area contributed by atoms with E-state index in [1.165, 1.54) is 69.9 Å². The molecule has 6 heteroatoms. The van der Waals surface area contributed by atoms with Crippen LogP contribution in [-0.2, 0) is 9.53 Å². The minimum atomic E-state index is -0.715. The maximum atomic E-state index is 12.6. The fourth-order valence-corrected chi connectivity index (χ4v) is 10.2. The van der Waals surface area contributed by atoms with Crippen LogP contribution in [0.15, 0.2) is 39.0 Å². The summed E-state index contributed by atoms with van der Waals surface area (Å²) in [5.41, 5.74) is 0.925. The molecule has 0 radical (unpaired) electrons. The van der Waals surface area contributed by atoms with Gasteiger partial charge in [0.2, 0.25) is 0 Å². The van der Waals surface area contributed by atoms with Gasteiger partial charge in [0.25, 0.3) is 0 Å². The molecule has 0 heterocycles. The Morgan fingerprint density at radius 3 is 2.50 bits per heavy atom. The topological polar surface area (TPSA) is 55.7 Å². The molecule has 1 amide bonds. The van der Waals surface area contributed by atoms with E-state index < -0.39 is 11.9 Å². The predicted octanol–water partition coefficient (Wildman–Crippen LogP) is 10.0. The van der Waals surface area contributed by atoms with E-state index in [2.05, 4.69) is 45.7 Å². The number of carbonyl (C=O) groups excluding carboxylic acids is 2. The Balaban J connectivity index is 1.24. The number of aliphatic imine (C=N–C) groups is 1. The third kappa shape index (κ3) is 5.53. The molecule has 0 saturated heterocycles. The van der Waals surface area contributed by atoms with Crippen molar-refractivity contribution in [3.05, 3.63) is 34.1 Å². The van der Waals surface area contributed by atoms with Crippen LogP contribution in [0.3, 0.4) is 0 Å². The summed E-state index contributed by atoms with van der Waals surface area (Å²) in [4.78, 5) is 28.3. The van der Waals surface area contributed by atoms with Gasteiger partial charge < -0.3 is 4.74 Å². The molecule has 3 saturated carbocycles. The fraction of sp³-hybridized carbons (Fsp3) is 0.735. The van der Waals surface area contributed by atoms with Crippen molar-refractivity contribution in [1.82, 2.24) is 0 Å². The molecule has 4 nitrogen and oxygen atoms in total. The summed E-state index contributed by atoms with van der Waals surface area (Å²) < 4.78 is 5.70. The Morgan fingerprint density at radius 2 is 1.75 bits per heavy atom. The van der Waals surface area contributed by atoms with Crippen LogP contribution in [0.2, 0.25) is 0 Å². The van der Waals surface area contributed by atoms with Gasteiger partial charge in [-0.25, -0.2) is 4.79 Å². The van der Waals surface area contributed by atoms with Crippen molar-refractivity contribution >= 4 is 40.8 Å². The second-order valence-corrected chi connectivity index (χ2v) is 15.2. The van der Waals surface area contributed by atoms with E-state index in [4.69, 9.17) is 27.9 Å². The molecule has 0 aromatic carbocycles. The monoisotopic (exact) mass is 587 g/mol. The van der Waals surface area contributed by atoms with Crippen LogP contribution in [0.25, 0.3) is 0 Å². The molecule has 0 aromatic heterocycles. The number of allylic oxidation sites excluding steroid dienone is 6. The molecular weight excluding hydrogens is 541 g/mol. The summed E-state index contributed by atoms with van der Waals surface area (Å²) in [6, 6.07) is 0. The van der Waals surface area contributed by atoms with Crippen LogP contribution in [-0.4, -0.2) is 17.6 Å². The van der Waals surface area contributed by atoms with Crippen LogP contribution in [0.5, 0.6) is 0 Å². The average molecular weight is 589 g/mol. The van der Waals surface area contributed by atoms with Crippen molar-refractivity contribution in [3.63, 3.8) is 0 Å². The van der Waals surface area contributed by atoms with Gasteiger partial charge in [-0.3, -0.25) is 4.79 Å². The lowest BCUT2D eigenvalue weighted by atomic mass is 9.45. The summed E-state index contributed by atoms with van der Waals surface area (Å²) in [7, 11) is 0. The van der Waals surface area contributed by atoms with Gasteiger partial charge >= 0.3 is 6.09 Å². The highest BCUT2D eigenvalue weighted by Crippen LogP contribution is 2.68. The smallest absolute Gasteiger partial charge is 0.414 e. The molecule has 5 aliphatic carbocycles. The zero-order valence-corrected chi connectivity index (χ0v) is 26.5. The minimum Gasteiger partial charge on any atom is -0.414 e. The van der Waals surface area contributed by atoms with E-state index in [0.29, 0.717) is 17.1 Å². The molecule has 3 fully saturated rings. The number of nitrogens with zero attached hydrogens (tertiary/aromatic N) is 1. The van der Waals surface area contributed by atoms with Crippen molar-refractivity contribution in [2.75, 3.05) is 0 Å². The highest BCUT2D eigenvalue weighted by Gasteiger charge is 2.60. The Bertz CT molecular complexity index is 1150. The van der Waals surface area contributed by atoms with E-state index in [0.717, 1.165) is 48.3 Å². The number of halogens is 2. The first kappa shape index (κ1) is 30.1. The lowest BCUT2D eigenvalue weighted by Gasteiger charge is -2.60. The molecule has 8 atom stereocenters. The summed E-state index contributed by atoms with van der Waals surface area (Å²) in [6.45, 7) is 12.4. The van der Waals surface area contributed by atoms with Crippen LogP contribution in [0, 0.1) is 52.3 Å². The minimum absolute atomic E-state index is 0.0157. The maximum absolute atomic E-state index is 12.6. The third-order valence-corrected chi connectivity index (χ3v) is 12.8. The predicted molar refractivity (Wildman–Crippen MR) is 163 cm³/mol. The van der Waals surface area contributed by atoms with Gasteiger partial charge in [-0.2, -0.15) is 4.99 Å².